The maximum Gasteiger partial charge on any atom is 0.238 e. The summed E-state index contributed by atoms with van der Waals surface area (Å²) in [7, 11) is 0. The van der Waals surface area contributed by atoms with Gasteiger partial charge in [0.15, 0.2) is 17.2 Å². The van der Waals surface area contributed by atoms with Crippen molar-refractivity contribution in [2.45, 2.75) is 0 Å². The molecule has 0 aliphatic heterocycles. The fourth-order valence-electron chi connectivity index (χ4n) is 11.1. The van der Waals surface area contributed by atoms with Crippen molar-refractivity contribution < 1.29 is 8.83 Å². The minimum absolute atomic E-state index is 0.486. The predicted molar refractivity (Wildman–Crippen MR) is 290 cm³/mol. The Morgan fingerprint density at radius 1 is 0.380 bits per heavy atom. The summed E-state index contributed by atoms with van der Waals surface area (Å²) in [5.41, 5.74) is 10.4. The molecule has 71 heavy (non-hydrogen) atoms. The van der Waals surface area contributed by atoms with Gasteiger partial charge in [0.05, 0.1) is 33.3 Å². The molecule has 6 heterocycles. The molecular weight excluding hydrogens is 893 g/mol. The lowest BCUT2D eigenvalue weighted by molar-refractivity contribution is 0.619. The van der Waals surface area contributed by atoms with E-state index in [1.165, 1.54) is 20.2 Å². The van der Waals surface area contributed by atoms with Gasteiger partial charge in [0, 0.05) is 63.6 Å². The first-order valence-electron chi connectivity index (χ1n) is 23.6. The van der Waals surface area contributed by atoms with E-state index in [2.05, 4.69) is 191 Å². The Labute approximate surface area is 406 Å². The number of nitrogens with zero attached hydrogens (tertiary/aromatic N) is 6. The largest absolute Gasteiger partial charge is 0.455 e. The maximum atomic E-state index is 6.96. The lowest BCUT2D eigenvalue weighted by Gasteiger charge is -2.13. The fraction of sp³-hybridized carbons (Fsp3) is 0. The maximum absolute atomic E-state index is 6.96. The zero-order valence-corrected chi connectivity index (χ0v) is 38.4. The first-order chi connectivity index (χ1) is 35.2. The highest BCUT2D eigenvalue weighted by atomic mass is 32.1. The molecule has 10 aromatic carbocycles. The lowest BCUT2D eigenvalue weighted by Crippen LogP contribution is -2.07. The number of para-hydroxylation sites is 5. The summed E-state index contributed by atoms with van der Waals surface area (Å²) in [5.74, 6) is 2.12. The van der Waals surface area contributed by atoms with Crippen molar-refractivity contribution in [3.63, 3.8) is 0 Å². The van der Waals surface area contributed by atoms with Crippen LogP contribution in [0.4, 0.5) is 0 Å². The summed E-state index contributed by atoms with van der Waals surface area (Å²) < 4.78 is 20.7. The molecule has 0 saturated heterocycles. The molecule has 16 aromatic rings. The van der Waals surface area contributed by atoms with E-state index < -0.39 is 0 Å². The first kappa shape index (κ1) is 38.5. The number of oxazole rings is 1. The lowest BCUT2D eigenvalue weighted by atomic mass is 10.0. The number of hydrogen-bond donors (Lipinski definition) is 0. The highest BCUT2D eigenvalue weighted by molar-refractivity contribution is 7.25. The highest BCUT2D eigenvalue weighted by Gasteiger charge is 2.26. The normalized spacial score (nSPS) is 12.2. The molecule has 0 unspecified atom stereocenters. The smallest absolute Gasteiger partial charge is 0.238 e. The quantitative estimate of drug-likeness (QED) is 0.171. The third-order valence-electron chi connectivity index (χ3n) is 14.2. The summed E-state index contributed by atoms with van der Waals surface area (Å²) in [6.07, 6.45) is 0. The summed E-state index contributed by atoms with van der Waals surface area (Å²) in [4.78, 5) is 21.5. The second-order valence-electron chi connectivity index (χ2n) is 18.1. The summed E-state index contributed by atoms with van der Waals surface area (Å²) in [5, 5.41) is 11.0. The Bertz CT molecular complexity index is 4910. The van der Waals surface area contributed by atoms with Gasteiger partial charge in [0.2, 0.25) is 11.8 Å². The third kappa shape index (κ3) is 5.54. The summed E-state index contributed by atoms with van der Waals surface area (Å²) in [6, 6.07) is 72.0. The van der Waals surface area contributed by atoms with Crippen molar-refractivity contribution in [3.05, 3.63) is 206 Å². The van der Waals surface area contributed by atoms with Gasteiger partial charge in [-0.15, -0.1) is 11.3 Å². The topological polar surface area (TPSA) is 87.7 Å². The number of hydrogen-bond acceptors (Lipinski definition) is 7. The molecule has 0 fully saturated rings. The van der Waals surface area contributed by atoms with Crippen LogP contribution in [0.25, 0.3) is 153 Å². The van der Waals surface area contributed by atoms with Crippen molar-refractivity contribution in [3.8, 4) is 45.9 Å². The van der Waals surface area contributed by atoms with E-state index in [0.717, 1.165) is 104 Å². The second-order valence-corrected chi connectivity index (χ2v) is 19.2. The van der Waals surface area contributed by atoms with E-state index >= 15 is 0 Å². The molecule has 0 amide bonds. The monoisotopic (exact) mass is 926 g/mol. The summed E-state index contributed by atoms with van der Waals surface area (Å²) >= 11 is 1.79. The third-order valence-corrected chi connectivity index (χ3v) is 15.4. The molecule has 16 rings (SSSR count). The van der Waals surface area contributed by atoms with Crippen molar-refractivity contribution in [2.24, 2.45) is 0 Å². The van der Waals surface area contributed by atoms with Gasteiger partial charge in [-0.05, 0) is 77.5 Å². The molecule has 0 aliphatic rings. The molecule has 0 atom stereocenters. The molecule has 0 saturated carbocycles. The van der Waals surface area contributed by atoms with Crippen LogP contribution in [0.2, 0.25) is 0 Å². The van der Waals surface area contributed by atoms with Crippen molar-refractivity contribution in [2.75, 3.05) is 0 Å². The van der Waals surface area contributed by atoms with Gasteiger partial charge in [-0.1, -0.05) is 140 Å². The van der Waals surface area contributed by atoms with E-state index in [-0.39, 0.29) is 0 Å². The van der Waals surface area contributed by atoms with Gasteiger partial charge in [-0.25, -0.2) is 9.97 Å². The molecule has 0 aliphatic carbocycles. The standard InChI is InChI=1S/C62H34N6O2S/c1-2-16-37-35(14-1)15-11-22-45(37)61-63-48-24-13-27-51(58(48)70-61)67-49-25-7-3-17-38(49)42-31-32-43-39-18-4-8-26-50(39)68(56(43)55(42)67)62-65-59(36-30-33-54-47(34-36)41-20-6-10-29-53(41)71-54)64-60(66-62)46-23-12-21-44-40-19-5-9-28-52(40)69-57(44)46/h1-34H. The zero-order valence-electron chi connectivity index (χ0n) is 37.5. The molecule has 0 N–H and O–H groups in total. The SMILES string of the molecule is c1ccc2c(-c3nc4cccc(-n5c6ccccc6c6ccc7c8ccccc8n(-c8nc(-c9ccc%10sc%11ccccc%11c%10c9)nc(-c9cccc%10c9oc9ccccc9%10)n8)c7c65)c4o3)cccc2c1. The van der Waals surface area contributed by atoms with Gasteiger partial charge in [-0.3, -0.25) is 4.57 Å². The number of thiophene rings is 1. The molecule has 8 nitrogen and oxygen atoms in total. The average Bonchev–Trinajstić information content (AvgIpc) is 4.26. The Kier molecular flexibility index (Phi) is 7.89. The Morgan fingerprint density at radius 3 is 1.87 bits per heavy atom. The van der Waals surface area contributed by atoms with E-state index in [1.54, 1.807) is 11.3 Å². The number of furan rings is 1. The zero-order chi connectivity index (χ0) is 46.3. The van der Waals surface area contributed by atoms with E-state index in [9.17, 15) is 0 Å². The van der Waals surface area contributed by atoms with Crippen LogP contribution in [0, 0.1) is 0 Å². The van der Waals surface area contributed by atoms with Crippen LogP contribution in [0.15, 0.2) is 215 Å². The van der Waals surface area contributed by atoms with Crippen LogP contribution >= 0.6 is 11.3 Å². The number of fused-ring (bicyclic) bond motifs is 15. The highest BCUT2D eigenvalue weighted by Crippen LogP contribution is 2.44. The average molecular weight is 927 g/mol. The van der Waals surface area contributed by atoms with E-state index in [1.807, 2.05) is 24.3 Å². The molecule has 9 heteroatoms. The van der Waals surface area contributed by atoms with Gasteiger partial charge < -0.3 is 13.4 Å². The van der Waals surface area contributed by atoms with Crippen LogP contribution < -0.4 is 0 Å². The number of rotatable bonds is 5. The first-order valence-corrected chi connectivity index (χ1v) is 24.4. The van der Waals surface area contributed by atoms with Gasteiger partial charge >= 0.3 is 0 Å². The van der Waals surface area contributed by atoms with Crippen LogP contribution in [-0.2, 0) is 0 Å². The van der Waals surface area contributed by atoms with Crippen LogP contribution in [-0.4, -0.2) is 29.1 Å². The van der Waals surface area contributed by atoms with Gasteiger partial charge in [0.1, 0.15) is 16.7 Å². The molecule has 0 radical (unpaired) electrons. The van der Waals surface area contributed by atoms with Crippen LogP contribution in [0.3, 0.4) is 0 Å². The Hall–Kier alpha value is -9.44. The number of aromatic nitrogens is 6. The number of benzene rings is 10. The molecule has 6 aromatic heterocycles. The molecule has 330 valence electrons. The van der Waals surface area contributed by atoms with Gasteiger partial charge in [-0.2, -0.15) is 9.97 Å². The van der Waals surface area contributed by atoms with Crippen molar-refractivity contribution in [1.82, 2.24) is 29.1 Å². The van der Waals surface area contributed by atoms with Gasteiger partial charge in [0.25, 0.3) is 0 Å². The van der Waals surface area contributed by atoms with Crippen molar-refractivity contribution in [1.29, 1.82) is 0 Å². The molecule has 0 spiro atoms. The summed E-state index contributed by atoms with van der Waals surface area (Å²) in [6.45, 7) is 0. The minimum Gasteiger partial charge on any atom is -0.455 e. The van der Waals surface area contributed by atoms with Crippen molar-refractivity contribution >= 4 is 119 Å². The Morgan fingerprint density at radius 2 is 1.01 bits per heavy atom. The second kappa shape index (κ2) is 14.5. The molecule has 0 bridgehead atoms. The molecular formula is C62H34N6O2S. The van der Waals surface area contributed by atoms with Crippen LogP contribution in [0.1, 0.15) is 0 Å². The van der Waals surface area contributed by atoms with Crippen LogP contribution in [0.5, 0.6) is 0 Å². The predicted octanol–water partition coefficient (Wildman–Crippen LogP) is 16.6. The fourth-order valence-corrected chi connectivity index (χ4v) is 12.2. The van der Waals surface area contributed by atoms with E-state index in [4.69, 9.17) is 28.8 Å². The minimum atomic E-state index is 0.486. The Balaban J connectivity index is 1.02. The van der Waals surface area contributed by atoms with E-state index in [0.29, 0.717) is 29.1 Å².